The molecular formula is C15H22N2O3. The number of hydrogen-bond acceptors (Lipinski definition) is 4. The molecule has 1 aromatic heterocycles. The molecule has 1 heterocycles. The predicted octanol–water partition coefficient (Wildman–Crippen LogP) is 2.18. The summed E-state index contributed by atoms with van der Waals surface area (Å²) in [7, 11) is 0. The molecule has 0 bridgehead atoms. The number of ether oxygens (including phenoxy) is 1. The molecule has 1 aromatic rings. The van der Waals surface area contributed by atoms with E-state index in [-0.39, 0.29) is 17.5 Å². The molecule has 0 aliphatic carbocycles. The van der Waals surface area contributed by atoms with Gasteiger partial charge in [0.15, 0.2) is 0 Å². The van der Waals surface area contributed by atoms with Crippen LogP contribution in [0.15, 0.2) is 24.4 Å². The molecule has 0 aliphatic rings. The molecule has 1 amide bonds. The standard InChI is InChI=1S/C15H22N2O3/c1-10(2)12(14(19)20-15(3,4)5)17-13(18)11-8-6-7-9-16-11/h6-10,12H,1-5H3,(H,17,18)/t12-/m1/s1. The van der Waals surface area contributed by atoms with Crippen LogP contribution in [-0.2, 0) is 9.53 Å². The number of pyridine rings is 1. The van der Waals surface area contributed by atoms with Crippen molar-refractivity contribution in [1.29, 1.82) is 0 Å². The third-order valence-electron chi connectivity index (χ3n) is 2.51. The first-order valence-electron chi connectivity index (χ1n) is 6.65. The van der Waals surface area contributed by atoms with Crippen molar-refractivity contribution < 1.29 is 14.3 Å². The van der Waals surface area contributed by atoms with E-state index in [1.807, 2.05) is 13.8 Å². The van der Waals surface area contributed by atoms with Crippen LogP contribution in [0.5, 0.6) is 0 Å². The van der Waals surface area contributed by atoms with Gasteiger partial charge in [0.05, 0.1) is 0 Å². The Morgan fingerprint density at radius 3 is 2.35 bits per heavy atom. The number of nitrogens with zero attached hydrogens (tertiary/aromatic N) is 1. The summed E-state index contributed by atoms with van der Waals surface area (Å²) >= 11 is 0. The Labute approximate surface area is 119 Å². The van der Waals surface area contributed by atoms with E-state index in [0.717, 1.165) is 0 Å². The van der Waals surface area contributed by atoms with Crippen LogP contribution in [0.4, 0.5) is 0 Å². The van der Waals surface area contributed by atoms with Gasteiger partial charge in [-0.05, 0) is 38.8 Å². The quantitative estimate of drug-likeness (QED) is 0.857. The number of carbonyl (C=O) groups is 2. The second-order valence-corrected chi connectivity index (χ2v) is 5.94. The third kappa shape index (κ3) is 4.99. The van der Waals surface area contributed by atoms with Gasteiger partial charge in [-0.15, -0.1) is 0 Å². The molecule has 1 atom stereocenters. The molecule has 0 saturated carbocycles. The lowest BCUT2D eigenvalue weighted by Gasteiger charge is -2.26. The fourth-order valence-electron chi connectivity index (χ4n) is 1.58. The van der Waals surface area contributed by atoms with Crippen molar-refractivity contribution in [3.63, 3.8) is 0 Å². The zero-order valence-electron chi connectivity index (χ0n) is 12.6. The highest BCUT2D eigenvalue weighted by molar-refractivity contribution is 5.95. The van der Waals surface area contributed by atoms with E-state index in [2.05, 4.69) is 10.3 Å². The van der Waals surface area contributed by atoms with Crippen LogP contribution in [0.1, 0.15) is 45.1 Å². The highest BCUT2D eigenvalue weighted by Crippen LogP contribution is 2.12. The van der Waals surface area contributed by atoms with Crippen molar-refractivity contribution in [2.45, 2.75) is 46.3 Å². The summed E-state index contributed by atoms with van der Waals surface area (Å²) in [6, 6.07) is 4.36. The minimum atomic E-state index is -0.691. The van der Waals surface area contributed by atoms with Crippen LogP contribution < -0.4 is 5.32 Å². The van der Waals surface area contributed by atoms with Crippen molar-refractivity contribution in [3.8, 4) is 0 Å². The van der Waals surface area contributed by atoms with Gasteiger partial charge in [0, 0.05) is 6.20 Å². The Kier molecular flexibility index (Phi) is 5.25. The molecule has 0 aliphatic heterocycles. The van der Waals surface area contributed by atoms with Gasteiger partial charge in [-0.25, -0.2) is 4.79 Å². The van der Waals surface area contributed by atoms with E-state index in [0.29, 0.717) is 0 Å². The highest BCUT2D eigenvalue weighted by atomic mass is 16.6. The Morgan fingerprint density at radius 2 is 1.90 bits per heavy atom. The maximum atomic E-state index is 12.1. The Morgan fingerprint density at radius 1 is 1.25 bits per heavy atom. The molecule has 1 N–H and O–H groups in total. The maximum absolute atomic E-state index is 12.1. The van der Waals surface area contributed by atoms with Crippen molar-refractivity contribution in [3.05, 3.63) is 30.1 Å². The Hall–Kier alpha value is -1.91. The van der Waals surface area contributed by atoms with Crippen LogP contribution in [0, 0.1) is 5.92 Å². The first-order valence-corrected chi connectivity index (χ1v) is 6.65. The topological polar surface area (TPSA) is 68.3 Å². The first-order chi connectivity index (χ1) is 9.20. The van der Waals surface area contributed by atoms with Gasteiger partial charge in [-0.2, -0.15) is 0 Å². The molecule has 0 aromatic carbocycles. The lowest BCUT2D eigenvalue weighted by atomic mass is 10.0. The first kappa shape index (κ1) is 16.1. The second-order valence-electron chi connectivity index (χ2n) is 5.94. The number of carbonyl (C=O) groups excluding carboxylic acids is 2. The summed E-state index contributed by atoms with van der Waals surface area (Å²) in [6.07, 6.45) is 1.53. The van der Waals surface area contributed by atoms with E-state index in [9.17, 15) is 9.59 Å². The Bertz CT molecular complexity index is 464. The van der Waals surface area contributed by atoms with E-state index in [1.54, 1.807) is 39.0 Å². The van der Waals surface area contributed by atoms with Gasteiger partial charge in [-0.3, -0.25) is 9.78 Å². The summed E-state index contributed by atoms with van der Waals surface area (Å²) in [5.41, 5.74) is -0.304. The molecule has 0 unspecified atom stereocenters. The molecule has 5 nitrogen and oxygen atoms in total. The molecule has 1 rings (SSSR count). The van der Waals surface area contributed by atoms with E-state index < -0.39 is 17.6 Å². The van der Waals surface area contributed by atoms with Crippen molar-refractivity contribution in [2.75, 3.05) is 0 Å². The van der Waals surface area contributed by atoms with Crippen LogP contribution >= 0.6 is 0 Å². The number of aromatic nitrogens is 1. The molecule has 0 spiro atoms. The molecule has 20 heavy (non-hydrogen) atoms. The normalized spacial score (nSPS) is 12.9. The molecule has 0 radical (unpaired) electrons. The predicted molar refractivity (Wildman–Crippen MR) is 76.2 cm³/mol. The second kappa shape index (κ2) is 6.50. The third-order valence-corrected chi connectivity index (χ3v) is 2.51. The summed E-state index contributed by atoms with van der Waals surface area (Å²) in [6.45, 7) is 9.09. The number of esters is 1. The largest absolute Gasteiger partial charge is 0.458 e. The van der Waals surface area contributed by atoms with Crippen molar-refractivity contribution in [1.82, 2.24) is 10.3 Å². The zero-order chi connectivity index (χ0) is 15.3. The number of nitrogens with one attached hydrogen (secondary N) is 1. The summed E-state index contributed by atoms with van der Waals surface area (Å²) in [4.78, 5) is 28.1. The van der Waals surface area contributed by atoms with Gasteiger partial charge < -0.3 is 10.1 Å². The van der Waals surface area contributed by atoms with E-state index in [1.165, 1.54) is 6.20 Å². The smallest absolute Gasteiger partial charge is 0.329 e. The summed E-state index contributed by atoms with van der Waals surface area (Å²) in [5, 5.41) is 2.68. The van der Waals surface area contributed by atoms with Crippen LogP contribution in [0.3, 0.4) is 0 Å². The fraction of sp³-hybridized carbons (Fsp3) is 0.533. The van der Waals surface area contributed by atoms with E-state index in [4.69, 9.17) is 4.74 Å². The van der Waals surface area contributed by atoms with Crippen molar-refractivity contribution in [2.24, 2.45) is 5.92 Å². The average Bonchev–Trinajstić information content (AvgIpc) is 2.34. The number of amides is 1. The van der Waals surface area contributed by atoms with Gasteiger partial charge in [0.2, 0.25) is 0 Å². The fourth-order valence-corrected chi connectivity index (χ4v) is 1.58. The summed E-state index contributed by atoms with van der Waals surface area (Å²) in [5.74, 6) is -0.885. The zero-order valence-corrected chi connectivity index (χ0v) is 12.6. The van der Waals surface area contributed by atoms with Gasteiger partial charge in [-0.1, -0.05) is 19.9 Å². The Balaban J connectivity index is 2.78. The van der Waals surface area contributed by atoms with E-state index >= 15 is 0 Å². The van der Waals surface area contributed by atoms with Crippen molar-refractivity contribution >= 4 is 11.9 Å². The average molecular weight is 278 g/mol. The highest BCUT2D eigenvalue weighted by Gasteiger charge is 2.29. The minimum absolute atomic E-state index is 0.0717. The van der Waals surface area contributed by atoms with Gasteiger partial charge in [0.1, 0.15) is 17.3 Å². The molecule has 0 saturated heterocycles. The van der Waals surface area contributed by atoms with Gasteiger partial charge in [0.25, 0.3) is 5.91 Å². The summed E-state index contributed by atoms with van der Waals surface area (Å²) < 4.78 is 5.32. The molecular weight excluding hydrogens is 256 g/mol. The maximum Gasteiger partial charge on any atom is 0.329 e. The number of hydrogen-bond donors (Lipinski definition) is 1. The van der Waals surface area contributed by atoms with Crippen LogP contribution in [-0.4, -0.2) is 28.5 Å². The SMILES string of the molecule is CC(C)[C@@H](NC(=O)c1ccccn1)C(=O)OC(C)(C)C. The van der Waals surface area contributed by atoms with Crippen LogP contribution in [0.2, 0.25) is 0 Å². The van der Waals surface area contributed by atoms with Crippen LogP contribution in [0.25, 0.3) is 0 Å². The number of rotatable bonds is 4. The lowest BCUT2D eigenvalue weighted by molar-refractivity contribution is -0.158. The lowest BCUT2D eigenvalue weighted by Crippen LogP contribution is -2.47. The monoisotopic (exact) mass is 278 g/mol. The minimum Gasteiger partial charge on any atom is -0.458 e. The molecule has 5 heteroatoms. The van der Waals surface area contributed by atoms with Gasteiger partial charge >= 0.3 is 5.97 Å². The molecule has 0 fully saturated rings. The molecule has 110 valence electrons.